The van der Waals surface area contributed by atoms with Gasteiger partial charge >= 0.3 is 0 Å². The second kappa shape index (κ2) is 9.01. The molecular formula is C22H24N6O2S2. The Labute approximate surface area is 196 Å². The van der Waals surface area contributed by atoms with E-state index in [4.69, 9.17) is 29.2 Å². The van der Waals surface area contributed by atoms with E-state index >= 15 is 0 Å². The molecule has 0 bridgehead atoms. The van der Waals surface area contributed by atoms with E-state index in [1.54, 1.807) is 6.07 Å². The zero-order chi connectivity index (χ0) is 22.7. The largest absolute Gasteiger partial charge is 0.473 e. The molecule has 0 spiro atoms. The number of carbonyl (C=O) groups excluding carboxylic acids is 1. The number of amides is 1. The first-order valence-electron chi connectivity index (χ1n) is 10.0. The highest BCUT2D eigenvalue weighted by molar-refractivity contribution is 7.72. The molecule has 10 heteroatoms. The van der Waals surface area contributed by atoms with Gasteiger partial charge in [-0.3, -0.25) is 15.2 Å². The number of nitrogens with zero attached hydrogens (tertiary/aromatic N) is 1. The van der Waals surface area contributed by atoms with Crippen LogP contribution in [-0.2, 0) is 4.79 Å². The first-order valence-corrected chi connectivity index (χ1v) is 10.9. The minimum atomic E-state index is -0.402. The number of carbonyl (C=O) groups is 1. The summed E-state index contributed by atoms with van der Waals surface area (Å²) in [5.74, 6) is 1.47. The van der Waals surface area contributed by atoms with Gasteiger partial charge in [0.25, 0.3) is 0 Å². The predicted octanol–water partition coefficient (Wildman–Crippen LogP) is 4.87. The Morgan fingerprint density at radius 3 is 2.50 bits per heavy atom. The quantitative estimate of drug-likeness (QED) is 0.249. The summed E-state index contributed by atoms with van der Waals surface area (Å²) in [4.78, 5) is 17.9. The summed E-state index contributed by atoms with van der Waals surface area (Å²) in [6.45, 7) is 4.78. The van der Waals surface area contributed by atoms with E-state index in [-0.39, 0.29) is 5.91 Å². The summed E-state index contributed by atoms with van der Waals surface area (Å²) in [5, 5.41) is 8.35. The van der Waals surface area contributed by atoms with Crippen LogP contribution in [0.5, 0.6) is 5.75 Å². The van der Waals surface area contributed by atoms with Gasteiger partial charge in [0.05, 0.1) is 17.6 Å². The van der Waals surface area contributed by atoms with E-state index in [1.165, 1.54) is 0 Å². The average Bonchev–Trinajstić information content (AvgIpc) is 3.00. The number of nitrogens with one attached hydrogen (secondary N) is 5. The van der Waals surface area contributed by atoms with E-state index in [2.05, 4.69) is 26.0 Å². The van der Waals surface area contributed by atoms with Crippen molar-refractivity contribution in [2.45, 2.75) is 13.8 Å². The summed E-state index contributed by atoms with van der Waals surface area (Å²) >= 11 is 10.3. The number of aromatic amines is 2. The number of H-pyrrole nitrogens is 2. The second-order valence-electron chi connectivity index (χ2n) is 8.08. The number of hydrogen-bond donors (Lipinski definition) is 5. The molecule has 0 aliphatic carbocycles. The Hall–Kier alpha value is -3.37. The first-order chi connectivity index (χ1) is 15.3. The van der Waals surface area contributed by atoms with Crippen molar-refractivity contribution in [1.29, 1.82) is 0 Å². The third-order valence-corrected chi connectivity index (χ3v) is 5.39. The van der Waals surface area contributed by atoms with Crippen molar-refractivity contribution >= 4 is 53.2 Å². The van der Waals surface area contributed by atoms with Crippen LogP contribution in [0.3, 0.4) is 0 Å². The molecule has 166 valence electrons. The Balaban J connectivity index is 1.32. The minimum Gasteiger partial charge on any atom is -0.473 e. The Morgan fingerprint density at radius 2 is 1.81 bits per heavy atom. The molecule has 3 aromatic rings. The van der Waals surface area contributed by atoms with Crippen molar-refractivity contribution in [2.24, 2.45) is 5.41 Å². The van der Waals surface area contributed by atoms with Crippen molar-refractivity contribution in [1.82, 2.24) is 15.4 Å². The van der Waals surface area contributed by atoms with Gasteiger partial charge in [-0.1, -0.05) is 18.3 Å². The smallest absolute Gasteiger partial charge is 0.246 e. The molecule has 32 heavy (non-hydrogen) atoms. The SMILES string of the molecule is CC1(C)CN(c2ccc(OCNc3cccc(Nc4cc(=S)[nH]c(=S)[nH]4)c3)cc2)NC1=O. The fraction of sp³-hybridized carbons (Fsp3) is 0.227. The Morgan fingerprint density at radius 1 is 1.06 bits per heavy atom. The van der Waals surface area contributed by atoms with E-state index in [0.29, 0.717) is 28.5 Å². The van der Waals surface area contributed by atoms with Gasteiger partial charge in [0.2, 0.25) is 5.91 Å². The third-order valence-electron chi connectivity index (χ3n) is 4.97. The van der Waals surface area contributed by atoms with Crippen molar-refractivity contribution in [3.8, 4) is 5.75 Å². The van der Waals surface area contributed by atoms with Crippen LogP contribution in [0.2, 0.25) is 0 Å². The minimum absolute atomic E-state index is 0.0244. The molecule has 2 heterocycles. The van der Waals surface area contributed by atoms with Crippen LogP contribution in [0, 0.1) is 14.8 Å². The number of hydrogen-bond acceptors (Lipinski definition) is 7. The van der Waals surface area contributed by atoms with Crippen molar-refractivity contribution in [3.05, 3.63) is 64.0 Å². The molecule has 2 aromatic carbocycles. The van der Waals surface area contributed by atoms with Crippen molar-refractivity contribution in [3.63, 3.8) is 0 Å². The highest BCUT2D eigenvalue weighted by Crippen LogP contribution is 2.28. The molecule has 8 nitrogen and oxygen atoms in total. The lowest BCUT2D eigenvalue weighted by Gasteiger charge is -2.19. The maximum atomic E-state index is 12.0. The standard InChI is InChI=1S/C22H24N6O2S2/c1-22(2)12-28(27-20(22)29)16-6-8-17(9-7-16)30-13-23-14-4-3-5-15(10-14)24-18-11-19(31)26-21(32)25-18/h3-11,23H,12-13H2,1-2H3,(H,27,29)(H3,24,25,26,31,32). The number of ether oxygens (including phenoxy) is 1. The van der Waals surface area contributed by atoms with E-state index in [9.17, 15) is 4.79 Å². The zero-order valence-electron chi connectivity index (χ0n) is 17.7. The highest BCUT2D eigenvalue weighted by Gasteiger charge is 2.37. The van der Waals surface area contributed by atoms with Crippen LogP contribution in [-0.4, -0.2) is 29.2 Å². The topological polar surface area (TPSA) is 97.2 Å². The van der Waals surface area contributed by atoms with Crippen LogP contribution in [0.4, 0.5) is 22.9 Å². The molecule has 1 amide bonds. The normalized spacial score (nSPS) is 14.7. The van der Waals surface area contributed by atoms with Gasteiger partial charge in [0.1, 0.15) is 16.2 Å². The van der Waals surface area contributed by atoms with Gasteiger partial charge in [0.15, 0.2) is 11.5 Å². The lowest BCUT2D eigenvalue weighted by atomic mass is 9.94. The zero-order valence-corrected chi connectivity index (χ0v) is 19.3. The van der Waals surface area contributed by atoms with Crippen LogP contribution in [0.25, 0.3) is 0 Å². The summed E-state index contributed by atoms with van der Waals surface area (Å²) in [5.41, 5.74) is 5.18. The molecule has 0 unspecified atom stereocenters. The molecule has 5 N–H and O–H groups in total. The summed E-state index contributed by atoms with van der Waals surface area (Å²) in [6, 6.07) is 17.2. The van der Waals surface area contributed by atoms with E-state index < -0.39 is 5.41 Å². The van der Waals surface area contributed by atoms with Gasteiger partial charge in [-0.05, 0) is 68.5 Å². The van der Waals surface area contributed by atoms with Gasteiger partial charge in [-0.2, -0.15) is 0 Å². The maximum absolute atomic E-state index is 12.0. The van der Waals surface area contributed by atoms with Crippen LogP contribution in [0.15, 0.2) is 54.6 Å². The highest BCUT2D eigenvalue weighted by atomic mass is 32.1. The molecule has 0 saturated carbocycles. The molecule has 1 aliphatic rings. The van der Waals surface area contributed by atoms with Crippen LogP contribution in [0.1, 0.15) is 13.8 Å². The van der Waals surface area contributed by atoms with E-state index in [0.717, 1.165) is 22.8 Å². The Bertz CT molecular complexity index is 1210. The number of benzene rings is 2. The number of rotatable bonds is 7. The monoisotopic (exact) mass is 468 g/mol. The predicted molar refractivity (Wildman–Crippen MR) is 131 cm³/mol. The van der Waals surface area contributed by atoms with E-state index in [1.807, 2.05) is 67.4 Å². The molecule has 0 radical (unpaired) electrons. The van der Waals surface area contributed by atoms with Crippen LogP contribution < -0.4 is 25.8 Å². The molecule has 4 rings (SSSR count). The summed E-state index contributed by atoms with van der Waals surface area (Å²) < 4.78 is 6.82. The maximum Gasteiger partial charge on any atom is 0.246 e. The molecule has 1 aromatic heterocycles. The number of anilines is 4. The van der Waals surface area contributed by atoms with Gasteiger partial charge in [0, 0.05) is 17.4 Å². The third kappa shape index (κ3) is 5.27. The fourth-order valence-electron chi connectivity index (χ4n) is 3.26. The fourth-order valence-corrected chi connectivity index (χ4v) is 3.76. The van der Waals surface area contributed by atoms with Crippen molar-refractivity contribution in [2.75, 3.05) is 28.9 Å². The molecule has 1 fully saturated rings. The average molecular weight is 469 g/mol. The number of aromatic nitrogens is 2. The van der Waals surface area contributed by atoms with Crippen LogP contribution >= 0.6 is 24.4 Å². The molecular weight excluding hydrogens is 444 g/mol. The molecule has 1 saturated heterocycles. The summed E-state index contributed by atoms with van der Waals surface area (Å²) in [6.07, 6.45) is 0. The second-order valence-corrected chi connectivity index (χ2v) is 8.93. The van der Waals surface area contributed by atoms with Crippen molar-refractivity contribution < 1.29 is 9.53 Å². The molecule has 1 aliphatic heterocycles. The Kier molecular flexibility index (Phi) is 6.15. The summed E-state index contributed by atoms with van der Waals surface area (Å²) in [7, 11) is 0. The van der Waals surface area contributed by atoms with Gasteiger partial charge < -0.3 is 25.3 Å². The lowest BCUT2D eigenvalue weighted by molar-refractivity contribution is -0.125. The van der Waals surface area contributed by atoms with Gasteiger partial charge in [-0.25, -0.2) is 0 Å². The first kappa shape index (κ1) is 21.8. The molecule has 0 atom stereocenters. The lowest BCUT2D eigenvalue weighted by Crippen LogP contribution is -2.33. The number of hydrazine groups is 1. The van der Waals surface area contributed by atoms with Gasteiger partial charge in [-0.15, -0.1) is 0 Å².